The Bertz CT molecular complexity index is 730. The fourth-order valence-corrected chi connectivity index (χ4v) is 3.49. The molecule has 0 spiro atoms. The Hall–Kier alpha value is -2.62. The van der Waals surface area contributed by atoms with E-state index < -0.39 is 0 Å². The fraction of sp³-hybridized carbons (Fsp3) is 0.364. The van der Waals surface area contributed by atoms with E-state index in [-0.39, 0.29) is 24.3 Å². The zero-order chi connectivity index (χ0) is 18.4. The third-order valence-corrected chi connectivity index (χ3v) is 4.93. The van der Waals surface area contributed by atoms with Crippen molar-refractivity contribution in [2.45, 2.75) is 32.2 Å². The summed E-state index contributed by atoms with van der Waals surface area (Å²) in [6.07, 6.45) is 2.52. The number of rotatable bonds is 5. The fourth-order valence-electron chi connectivity index (χ4n) is 3.49. The summed E-state index contributed by atoms with van der Waals surface area (Å²) in [5.41, 5.74) is 1.56. The maximum Gasteiger partial charge on any atom is 0.251 e. The van der Waals surface area contributed by atoms with Crippen LogP contribution in [0.15, 0.2) is 60.7 Å². The van der Waals surface area contributed by atoms with Gasteiger partial charge in [0, 0.05) is 18.7 Å². The van der Waals surface area contributed by atoms with E-state index in [1.165, 1.54) is 6.42 Å². The summed E-state index contributed by atoms with van der Waals surface area (Å²) in [6, 6.07) is 18.5. The molecule has 2 atom stereocenters. The van der Waals surface area contributed by atoms with Gasteiger partial charge in [0.1, 0.15) is 0 Å². The number of piperidine rings is 1. The van der Waals surface area contributed by atoms with E-state index in [1.54, 1.807) is 12.1 Å². The van der Waals surface area contributed by atoms with E-state index in [2.05, 4.69) is 12.2 Å². The molecular formula is C22H26N2O2. The zero-order valence-electron chi connectivity index (χ0n) is 15.2. The van der Waals surface area contributed by atoms with Crippen molar-refractivity contribution in [1.29, 1.82) is 0 Å². The molecule has 1 N–H and O–H groups in total. The van der Waals surface area contributed by atoms with Gasteiger partial charge in [0.05, 0.1) is 12.5 Å². The molecule has 1 fully saturated rings. The maximum absolute atomic E-state index is 12.8. The van der Waals surface area contributed by atoms with Gasteiger partial charge in [0.25, 0.3) is 5.91 Å². The predicted octanol–water partition coefficient (Wildman–Crippen LogP) is 3.81. The van der Waals surface area contributed by atoms with Crippen molar-refractivity contribution in [3.05, 3.63) is 71.8 Å². The minimum Gasteiger partial charge on any atom is -0.345 e. The second kappa shape index (κ2) is 8.65. The minimum atomic E-state index is -0.325. The number of nitrogens with one attached hydrogen (secondary N) is 1. The molecule has 0 radical (unpaired) electrons. The normalized spacial score (nSPS) is 18.2. The molecule has 2 amide bonds. The highest BCUT2D eigenvalue weighted by molar-refractivity contribution is 5.94. The van der Waals surface area contributed by atoms with Crippen LogP contribution in [0.1, 0.15) is 48.1 Å². The number of benzene rings is 2. The summed E-state index contributed by atoms with van der Waals surface area (Å²) in [6.45, 7) is 3.82. The molecule has 4 nitrogen and oxygen atoms in total. The first-order valence-corrected chi connectivity index (χ1v) is 9.32. The molecule has 0 aliphatic carbocycles. The van der Waals surface area contributed by atoms with Crippen molar-refractivity contribution < 1.29 is 9.59 Å². The van der Waals surface area contributed by atoms with E-state index in [0.29, 0.717) is 11.5 Å². The Morgan fingerprint density at radius 3 is 2.38 bits per heavy atom. The molecule has 4 heteroatoms. The standard InChI is InChI=1S/C22H26N2O2/c1-17-9-8-14-24(16-17)21(25)15-20(18-10-4-2-5-11-18)23-22(26)19-12-6-3-7-13-19/h2-7,10-13,17,20H,8-9,14-16H2,1H3,(H,23,26)/t17-,20+/m1/s1. The van der Waals surface area contributed by atoms with Crippen LogP contribution in [-0.2, 0) is 4.79 Å². The van der Waals surface area contributed by atoms with Gasteiger partial charge in [0.15, 0.2) is 0 Å². The molecule has 1 saturated heterocycles. The van der Waals surface area contributed by atoms with Gasteiger partial charge >= 0.3 is 0 Å². The van der Waals surface area contributed by atoms with Gasteiger partial charge in [0.2, 0.25) is 5.91 Å². The number of hydrogen-bond donors (Lipinski definition) is 1. The molecule has 2 aromatic rings. The Kier molecular flexibility index (Phi) is 6.05. The van der Waals surface area contributed by atoms with Crippen LogP contribution in [0.3, 0.4) is 0 Å². The Balaban J connectivity index is 1.73. The first-order chi connectivity index (χ1) is 12.6. The first-order valence-electron chi connectivity index (χ1n) is 9.32. The van der Waals surface area contributed by atoms with Crippen LogP contribution < -0.4 is 5.32 Å². The molecule has 0 aromatic heterocycles. The quantitative estimate of drug-likeness (QED) is 0.891. The third-order valence-electron chi connectivity index (χ3n) is 4.93. The summed E-state index contributed by atoms with van der Waals surface area (Å²) < 4.78 is 0. The Labute approximate surface area is 155 Å². The lowest BCUT2D eigenvalue weighted by atomic mass is 9.98. The van der Waals surface area contributed by atoms with Crippen molar-refractivity contribution in [3.63, 3.8) is 0 Å². The Morgan fingerprint density at radius 1 is 1.08 bits per heavy atom. The van der Waals surface area contributed by atoms with Gasteiger partial charge in [-0.15, -0.1) is 0 Å². The molecule has 0 unspecified atom stereocenters. The predicted molar refractivity (Wildman–Crippen MR) is 103 cm³/mol. The smallest absolute Gasteiger partial charge is 0.251 e. The van der Waals surface area contributed by atoms with Crippen molar-refractivity contribution in [3.8, 4) is 0 Å². The van der Waals surface area contributed by atoms with Crippen LogP contribution in [0.2, 0.25) is 0 Å². The average Bonchev–Trinajstić information content (AvgIpc) is 2.68. The third kappa shape index (κ3) is 4.72. The lowest BCUT2D eigenvalue weighted by molar-refractivity contribution is -0.133. The van der Waals surface area contributed by atoms with Crippen LogP contribution in [0.25, 0.3) is 0 Å². The molecule has 1 aliphatic rings. The minimum absolute atomic E-state index is 0.110. The molecule has 136 valence electrons. The second-order valence-corrected chi connectivity index (χ2v) is 7.09. The molecule has 0 bridgehead atoms. The van der Waals surface area contributed by atoms with Gasteiger partial charge in [-0.05, 0) is 36.5 Å². The molecule has 1 heterocycles. The van der Waals surface area contributed by atoms with E-state index in [4.69, 9.17) is 0 Å². The van der Waals surface area contributed by atoms with Crippen LogP contribution in [-0.4, -0.2) is 29.8 Å². The Morgan fingerprint density at radius 2 is 1.73 bits per heavy atom. The zero-order valence-corrected chi connectivity index (χ0v) is 15.2. The number of amides is 2. The van der Waals surface area contributed by atoms with Crippen molar-refractivity contribution in [1.82, 2.24) is 10.2 Å². The molecule has 26 heavy (non-hydrogen) atoms. The number of carbonyl (C=O) groups is 2. The largest absolute Gasteiger partial charge is 0.345 e. The topological polar surface area (TPSA) is 49.4 Å². The number of hydrogen-bond acceptors (Lipinski definition) is 2. The van der Waals surface area contributed by atoms with Gasteiger partial charge in [-0.1, -0.05) is 55.5 Å². The summed E-state index contributed by atoms with van der Waals surface area (Å²) in [5.74, 6) is 0.500. The van der Waals surface area contributed by atoms with E-state index in [9.17, 15) is 9.59 Å². The first kappa shape index (κ1) is 18.2. The maximum atomic E-state index is 12.8. The van der Waals surface area contributed by atoms with Crippen molar-refractivity contribution in [2.75, 3.05) is 13.1 Å². The number of carbonyl (C=O) groups excluding carboxylic acids is 2. The van der Waals surface area contributed by atoms with E-state index >= 15 is 0 Å². The summed E-state index contributed by atoms with van der Waals surface area (Å²) in [7, 11) is 0. The SMILES string of the molecule is C[C@@H]1CCCN(C(=O)C[C@H](NC(=O)c2ccccc2)c2ccccc2)C1. The average molecular weight is 350 g/mol. The highest BCUT2D eigenvalue weighted by Gasteiger charge is 2.25. The molecule has 2 aromatic carbocycles. The molecule has 3 rings (SSSR count). The van der Waals surface area contributed by atoms with E-state index in [1.807, 2.05) is 53.4 Å². The molecule has 0 saturated carbocycles. The van der Waals surface area contributed by atoms with Gasteiger partial charge in [-0.2, -0.15) is 0 Å². The van der Waals surface area contributed by atoms with Crippen LogP contribution >= 0.6 is 0 Å². The highest BCUT2D eigenvalue weighted by atomic mass is 16.2. The van der Waals surface area contributed by atoms with Gasteiger partial charge < -0.3 is 10.2 Å². The second-order valence-electron chi connectivity index (χ2n) is 7.09. The summed E-state index contributed by atoms with van der Waals surface area (Å²) >= 11 is 0. The molecule has 1 aliphatic heterocycles. The van der Waals surface area contributed by atoms with Crippen molar-refractivity contribution >= 4 is 11.8 Å². The van der Waals surface area contributed by atoms with E-state index in [0.717, 1.165) is 25.1 Å². The summed E-state index contributed by atoms with van der Waals surface area (Å²) in [4.78, 5) is 27.4. The summed E-state index contributed by atoms with van der Waals surface area (Å²) in [5, 5.41) is 3.04. The number of likely N-dealkylation sites (tertiary alicyclic amines) is 1. The van der Waals surface area contributed by atoms with Crippen molar-refractivity contribution in [2.24, 2.45) is 5.92 Å². The monoisotopic (exact) mass is 350 g/mol. The van der Waals surface area contributed by atoms with Crippen LogP contribution in [0.5, 0.6) is 0 Å². The lowest BCUT2D eigenvalue weighted by Crippen LogP contribution is -2.41. The van der Waals surface area contributed by atoms with Gasteiger partial charge in [-0.3, -0.25) is 9.59 Å². The lowest BCUT2D eigenvalue weighted by Gasteiger charge is -2.32. The van der Waals surface area contributed by atoms with Crippen LogP contribution in [0, 0.1) is 5.92 Å². The van der Waals surface area contributed by atoms with Gasteiger partial charge in [-0.25, -0.2) is 0 Å². The number of nitrogens with zero attached hydrogens (tertiary/aromatic N) is 1. The molecular weight excluding hydrogens is 324 g/mol. The van der Waals surface area contributed by atoms with Crippen LogP contribution in [0.4, 0.5) is 0 Å². The highest BCUT2D eigenvalue weighted by Crippen LogP contribution is 2.22.